The van der Waals surface area contributed by atoms with Crippen molar-refractivity contribution in [2.24, 2.45) is 13.0 Å². The molecule has 4 fully saturated rings. The average molecular weight is 1350 g/mol. The van der Waals surface area contributed by atoms with E-state index in [0.717, 1.165) is 67.8 Å². The Labute approximate surface area is 504 Å². The Balaban J connectivity index is 0.749. The number of aliphatic hydroxyl groups is 4. The standard InChI is InChI=1S/C47H72N10O26P4S/c1-55-26-57(41-37(55)43(66)53-45(48)52-41)47(68)25-77-32(40(47)64)23-79-85(71,72)82-87(75,76)83-86(73,74)81-84(69,70)78-22-31-38(62)39(63)44(80-31)56-21-27(42(65)54-46(56)67)12-11-19-50-34(59)16-7-3-2-5-13-28(58)14-6-4-10-18-49-35(60)17-9-8-15-33-29-20-36(61)51-30(29)24-88-33/h11-12,21,26,29-33,38-40,44,62-64,68H,2-10,13-20,22-25H2,1H3,(H10-,48,49,50,51,52,53,54,59,60,61,65,66,67,69,70,71,72,73,74,75,76)/p+1/b12-11+/t29-,30-,31-,32-,33-,38+,39?,40?,44-,47?/m1/s1. The second-order valence-electron chi connectivity index (χ2n) is 21.4. The number of carbonyl (C=O) groups is 4. The zero-order valence-corrected chi connectivity index (χ0v) is 51.7. The van der Waals surface area contributed by atoms with Crippen molar-refractivity contribution in [3.63, 3.8) is 0 Å². The lowest BCUT2D eigenvalue weighted by Gasteiger charge is -2.24. The second kappa shape index (κ2) is 30.6. The number of nitrogen functional groups attached to an aromatic ring is 1. The van der Waals surface area contributed by atoms with Gasteiger partial charge in [0.05, 0.1) is 25.8 Å². The van der Waals surface area contributed by atoms with Gasteiger partial charge in [0.2, 0.25) is 29.0 Å². The number of nitrogens with one attached hydrogen (secondary N) is 5. The van der Waals surface area contributed by atoms with E-state index in [-0.39, 0.29) is 59.1 Å². The first-order valence-electron chi connectivity index (χ1n) is 27.9. The molecule has 15 N–H and O–H groups in total. The van der Waals surface area contributed by atoms with Crippen molar-refractivity contribution in [1.29, 1.82) is 0 Å². The third-order valence-electron chi connectivity index (χ3n) is 14.7. The number of aliphatic hydroxyl groups excluding tert-OH is 3. The zero-order chi connectivity index (χ0) is 64.4. The summed E-state index contributed by atoms with van der Waals surface area (Å²) in [5.41, 5.74) is -0.133. The lowest BCUT2D eigenvalue weighted by atomic mass is 9.94. The van der Waals surface area contributed by atoms with Crippen LogP contribution in [0.15, 0.2) is 33.0 Å². The molecule has 36 nitrogen and oxygen atoms in total. The van der Waals surface area contributed by atoms with Crippen LogP contribution in [0.3, 0.4) is 0 Å². The number of rotatable bonds is 35. The number of ether oxygens (including phenoxy) is 2. The number of hydrogen-bond acceptors (Lipinski definition) is 25. The fourth-order valence-corrected chi connectivity index (χ4v) is 16.9. The molecule has 88 heavy (non-hydrogen) atoms. The van der Waals surface area contributed by atoms with E-state index < -0.39 is 110 Å². The highest BCUT2D eigenvalue weighted by Crippen LogP contribution is 2.71. The van der Waals surface area contributed by atoms with Crippen LogP contribution in [0.2, 0.25) is 0 Å². The monoisotopic (exact) mass is 1350 g/mol. The third-order valence-corrected chi connectivity index (χ3v) is 22.2. The smallest absolute Gasteiger partial charge is 0.387 e. The molecular weight excluding hydrogens is 1280 g/mol. The minimum Gasteiger partial charge on any atom is -0.387 e. The SMILES string of the molecule is Cn1c[n+](C2(O)CO[C@H](COP(=O)(O)OP(=O)(O)OP(=O)(O)OP(=O)(O)OC[C@H]3O[C@@H](n4cc(/C=C/CNC(=O)CCCCCCC(=O)CCCCCNC(=O)CCCC[C@H]5SC[C@H]6NC(=O)C[C@H]65)c(=O)[nH]c4=O)C(O)[C@H]3O)C2O)c2nc(N)[nH]c(=O)c21. The number of nitrogens with two attached hydrogens (primary N) is 1. The number of phosphoric ester groups is 2. The number of aryl methyl sites for hydroxylation is 1. The summed E-state index contributed by atoms with van der Waals surface area (Å²) < 4.78 is 84.8. The molecule has 0 aliphatic carbocycles. The van der Waals surface area contributed by atoms with Gasteiger partial charge in [-0.2, -0.15) is 29.3 Å². The molecule has 0 bridgehead atoms. The summed E-state index contributed by atoms with van der Waals surface area (Å²) in [6.07, 6.45) is 3.16. The fourth-order valence-electron chi connectivity index (χ4n) is 10.3. The van der Waals surface area contributed by atoms with Crippen molar-refractivity contribution in [1.82, 2.24) is 40.0 Å². The van der Waals surface area contributed by atoms with Gasteiger partial charge in [-0.25, -0.2) is 23.1 Å². The van der Waals surface area contributed by atoms with Gasteiger partial charge in [0.1, 0.15) is 42.9 Å². The van der Waals surface area contributed by atoms with E-state index in [1.807, 2.05) is 16.7 Å². The molecular formula is C47H73N10O26P4S+. The number of aromatic amines is 2. The molecule has 7 heterocycles. The molecule has 7 rings (SSSR count). The maximum Gasteiger partial charge on any atom is 0.490 e. The third kappa shape index (κ3) is 19.4. The highest BCUT2D eigenvalue weighted by atomic mass is 32.2. The maximum atomic E-state index is 12.8. The number of amides is 3. The van der Waals surface area contributed by atoms with Crippen LogP contribution in [0.5, 0.6) is 0 Å². The highest BCUT2D eigenvalue weighted by Gasteiger charge is 2.55. The van der Waals surface area contributed by atoms with Crippen molar-refractivity contribution in [3.8, 4) is 0 Å². The van der Waals surface area contributed by atoms with Crippen LogP contribution in [0.4, 0.5) is 5.95 Å². The molecule has 0 spiro atoms. The molecule has 14 atom stereocenters. The normalized spacial score (nSPS) is 27.2. The Bertz CT molecular complexity index is 3420. The lowest BCUT2D eigenvalue weighted by molar-refractivity contribution is -0.793. The number of fused-ring (bicyclic) bond motifs is 2. The Morgan fingerprint density at radius 2 is 1.42 bits per heavy atom. The fraction of sp³-hybridized carbons (Fsp3) is 0.681. The lowest BCUT2D eigenvalue weighted by Crippen LogP contribution is -2.63. The molecule has 4 aliphatic rings. The summed E-state index contributed by atoms with van der Waals surface area (Å²) in [6.45, 7) is -2.74. The average Bonchev–Trinajstić information content (AvgIpc) is 1.78. The molecule has 0 saturated carbocycles. The summed E-state index contributed by atoms with van der Waals surface area (Å²) in [6, 6.07) is 0.298. The quantitative estimate of drug-likeness (QED) is 0.0192. The Morgan fingerprint density at radius 3 is 2.09 bits per heavy atom. The topological polar surface area (TPSA) is 535 Å². The molecule has 41 heteroatoms. The van der Waals surface area contributed by atoms with E-state index in [9.17, 15) is 91.8 Å². The molecule has 3 amide bonds. The van der Waals surface area contributed by atoms with Crippen LogP contribution < -0.4 is 43.1 Å². The van der Waals surface area contributed by atoms with E-state index >= 15 is 0 Å². The maximum absolute atomic E-state index is 12.8. The van der Waals surface area contributed by atoms with Crippen molar-refractivity contribution < 1.29 is 113 Å². The number of H-pyrrole nitrogens is 2. The van der Waals surface area contributed by atoms with Crippen molar-refractivity contribution in [2.75, 3.05) is 44.4 Å². The Hall–Kier alpha value is -4.68. The second-order valence-corrected chi connectivity index (χ2v) is 28.9. The Morgan fingerprint density at radius 1 is 0.818 bits per heavy atom. The van der Waals surface area contributed by atoms with Gasteiger partial charge in [0.15, 0.2) is 12.6 Å². The van der Waals surface area contributed by atoms with E-state index in [0.29, 0.717) is 73.3 Å². The minimum absolute atomic E-state index is 0.0285. The molecule has 4 aliphatic heterocycles. The first kappa shape index (κ1) is 70.8. The van der Waals surface area contributed by atoms with Gasteiger partial charge in [-0.15, -0.1) is 0 Å². The van der Waals surface area contributed by atoms with Crippen molar-refractivity contribution in [2.45, 2.75) is 150 Å². The van der Waals surface area contributed by atoms with Gasteiger partial charge in [-0.3, -0.25) is 56.9 Å². The largest absolute Gasteiger partial charge is 0.490 e. The summed E-state index contributed by atoms with van der Waals surface area (Å²) in [4.78, 5) is 135. The van der Waals surface area contributed by atoms with E-state index in [1.54, 1.807) is 0 Å². The molecule has 7 unspecified atom stereocenters. The number of imidazole rings is 1. The van der Waals surface area contributed by atoms with Crippen molar-refractivity contribution >= 4 is 89.7 Å². The zero-order valence-electron chi connectivity index (χ0n) is 47.3. The number of anilines is 1. The van der Waals surface area contributed by atoms with Gasteiger partial charge >= 0.3 is 42.6 Å². The first-order valence-corrected chi connectivity index (χ1v) is 34.9. The van der Waals surface area contributed by atoms with Crippen molar-refractivity contribution in [3.05, 3.63) is 55.4 Å². The minimum atomic E-state index is -6.34. The van der Waals surface area contributed by atoms with Gasteiger partial charge in [0.25, 0.3) is 17.1 Å². The van der Waals surface area contributed by atoms with Crippen LogP contribution in [0, 0.1) is 5.92 Å². The van der Waals surface area contributed by atoms with Gasteiger partial charge in [0, 0.05) is 74.4 Å². The summed E-state index contributed by atoms with van der Waals surface area (Å²) in [5.74, 6) is 1.05. The first-order chi connectivity index (χ1) is 41.4. The number of carbonyl (C=O) groups excluding carboxylic acids is 4. The summed E-state index contributed by atoms with van der Waals surface area (Å²) >= 11 is 1.92. The highest BCUT2D eigenvalue weighted by molar-refractivity contribution is 8.00. The predicted molar refractivity (Wildman–Crippen MR) is 305 cm³/mol. The molecule has 0 aromatic carbocycles. The van der Waals surface area contributed by atoms with E-state index in [4.69, 9.17) is 15.2 Å². The number of hydrogen-bond donors (Lipinski definition) is 14. The number of phosphoric acid groups is 4. The number of nitrogens with zero attached hydrogens (tertiary/aromatic N) is 4. The Kier molecular flexibility index (Phi) is 24.6. The van der Waals surface area contributed by atoms with Crippen LogP contribution in [-0.4, -0.2) is 168 Å². The number of Topliss-reactive ketones (excluding diaryl/α,β-unsaturated/α-hetero) is 1. The van der Waals surface area contributed by atoms with Crippen LogP contribution in [0.1, 0.15) is 108 Å². The summed E-state index contributed by atoms with van der Waals surface area (Å²) in [7, 11) is -23.1. The summed E-state index contributed by atoms with van der Waals surface area (Å²) in [5, 5.41) is 52.8. The van der Waals surface area contributed by atoms with E-state index in [1.165, 1.54) is 23.8 Å². The van der Waals surface area contributed by atoms with Crippen LogP contribution >= 0.6 is 43.1 Å². The number of thioether (sulfide) groups is 1. The molecule has 3 aromatic rings. The van der Waals surface area contributed by atoms with E-state index in [2.05, 4.69) is 47.9 Å². The molecule has 0 radical (unpaired) electrons. The van der Waals surface area contributed by atoms with Crippen LogP contribution in [-0.2, 0) is 81.7 Å². The van der Waals surface area contributed by atoms with Crippen LogP contribution in [0.25, 0.3) is 17.2 Å². The van der Waals surface area contributed by atoms with Gasteiger partial charge in [-0.05, 0) is 38.5 Å². The number of aromatic nitrogens is 6. The van der Waals surface area contributed by atoms with Gasteiger partial charge in [-0.1, -0.05) is 42.8 Å². The van der Waals surface area contributed by atoms with Gasteiger partial charge < -0.3 is 71.2 Å². The molecule has 492 valence electrons. The number of unbranched alkanes of at least 4 members (excludes halogenated alkanes) is 6. The number of ketones is 1. The molecule has 3 aromatic heterocycles. The predicted octanol–water partition coefficient (Wildman–Crippen LogP) is -0.914. The molecule has 4 saturated heterocycles.